The first-order valence-corrected chi connectivity index (χ1v) is 6.08. The van der Waals surface area contributed by atoms with Crippen LogP contribution in [0, 0.1) is 5.92 Å². The number of nitrogens with zero attached hydrogens (tertiary/aromatic N) is 1. The number of nitrogens with two attached hydrogens (primary N) is 1. The minimum atomic E-state index is -0.550. The van der Waals surface area contributed by atoms with E-state index in [0.29, 0.717) is 13.2 Å². The molecule has 0 aromatic heterocycles. The Bertz CT molecular complexity index is 294. The molecule has 0 aliphatic carbocycles. The summed E-state index contributed by atoms with van der Waals surface area (Å²) in [6, 6.07) is 0. The van der Waals surface area contributed by atoms with Crippen LogP contribution in [0.4, 0.5) is 0 Å². The van der Waals surface area contributed by atoms with Crippen LogP contribution in [0.5, 0.6) is 0 Å². The molecule has 0 radical (unpaired) electrons. The van der Waals surface area contributed by atoms with E-state index in [1.807, 2.05) is 6.92 Å². The van der Waals surface area contributed by atoms with Crippen LogP contribution in [0.15, 0.2) is 0 Å². The van der Waals surface area contributed by atoms with Gasteiger partial charge in [-0.25, -0.2) is 0 Å². The quantitative estimate of drug-likeness (QED) is 0.539. The van der Waals surface area contributed by atoms with Crippen LogP contribution in [0.2, 0.25) is 0 Å². The summed E-state index contributed by atoms with van der Waals surface area (Å²) in [5.74, 6) is -1.19. The van der Waals surface area contributed by atoms with Gasteiger partial charge in [0.1, 0.15) is 6.54 Å². The molecule has 0 heterocycles. The van der Waals surface area contributed by atoms with Crippen molar-refractivity contribution in [2.45, 2.75) is 27.2 Å². The topological polar surface area (TPSA) is 72.6 Å². The van der Waals surface area contributed by atoms with Crippen LogP contribution in [-0.2, 0) is 14.3 Å². The summed E-state index contributed by atoms with van der Waals surface area (Å²) in [6.45, 7) is 6.03. The first kappa shape index (κ1) is 15.8. The second kappa shape index (κ2) is 8.00. The van der Waals surface area contributed by atoms with Gasteiger partial charge in [-0.05, 0) is 20.3 Å². The fourth-order valence-corrected chi connectivity index (χ4v) is 1.40. The van der Waals surface area contributed by atoms with Gasteiger partial charge >= 0.3 is 5.97 Å². The SMILES string of the molecule is CCCN(CC(=O)OCC)C(=O)C(C)C(N)=S. The Balaban J connectivity index is 4.56. The largest absolute Gasteiger partial charge is 0.465 e. The van der Waals surface area contributed by atoms with Crippen molar-refractivity contribution in [1.82, 2.24) is 4.90 Å². The van der Waals surface area contributed by atoms with Gasteiger partial charge in [-0.15, -0.1) is 0 Å². The van der Waals surface area contributed by atoms with Crippen molar-refractivity contribution in [3.8, 4) is 0 Å². The number of carbonyl (C=O) groups is 2. The van der Waals surface area contributed by atoms with Crippen LogP contribution in [0.3, 0.4) is 0 Å². The second-order valence-electron chi connectivity index (χ2n) is 3.69. The highest BCUT2D eigenvalue weighted by Crippen LogP contribution is 2.04. The smallest absolute Gasteiger partial charge is 0.325 e. The molecule has 2 N–H and O–H groups in total. The number of hydrogen-bond donors (Lipinski definition) is 1. The zero-order valence-electron chi connectivity index (χ0n) is 10.6. The average Bonchev–Trinajstić information content (AvgIpc) is 2.26. The number of ether oxygens (including phenoxy) is 1. The van der Waals surface area contributed by atoms with E-state index in [4.69, 9.17) is 22.7 Å². The zero-order chi connectivity index (χ0) is 13.4. The summed E-state index contributed by atoms with van der Waals surface area (Å²) >= 11 is 4.78. The Labute approximate surface area is 107 Å². The van der Waals surface area contributed by atoms with Gasteiger partial charge in [0.15, 0.2) is 0 Å². The zero-order valence-corrected chi connectivity index (χ0v) is 11.4. The molecule has 5 nitrogen and oxygen atoms in total. The summed E-state index contributed by atoms with van der Waals surface area (Å²) in [4.78, 5) is 24.9. The lowest BCUT2D eigenvalue weighted by Gasteiger charge is -2.23. The maximum Gasteiger partial charge on any atom is 0.325 e. The first-order valence-electron chi connectivity index (χ1n) is 5.67. The van der Waals surface area contributed by atoms with E-state index in [1.54, 1.807) is 13.8 Å². The molecule has 0 saturated heterocycles. The Morgan fingerprint density at radius 2 is 2.00 bits per heavy atom. The fourth-order valence-electron chi connectivity index (χ4n) is 1.30. The number of amides is 1. The molecule has 1 amide bonds. The summed E-state index contributed by atoms with van der Waals surface area (Å²) in [6.07, 6.45) is 0.759. The van der Waals surface area contributed by atoms with Crippen LogP contribution >= 0.6 is 12.2 Å². The first-order chi connectivity index (χ1) is 7.93. The molecule has 0 aromatic rings. The van der Waals surface area contributed by atoms with Crippen LogP contribution < -0.4 is 5.73 Å². The lowest BCUT2D eigenvalue weighted by molar-refractivity contribution is -0.149. The van der Waals surface area contributed by atoms with Gasteiger partial charge in [0.05, 0.1) is 17.5 Å². The molecule has 6 heteroatoms. The summed E-state index contributed by atoms with van der Waals surface area (Å²) in [7, 11) is 0. The molecule has 1 unspecified atom stereocenters. The van der Waals surface area contributed by atoms with Crippen LogP contribution in [0.25, 0.3) is 0 Å². The highest BCUT2D eigenvalue weighted by molar-refractivity contribution is 7.80. The van der Waals surface area contributed by atoms with Crippen LogP contribution in [-0.4, -0.2) is 41.5 Å². The van der Waals surface area contributed by atoms with E-state index in [1.165, 1.54) is 4.90 Å². The van der Waals surface area contributed by atoms with Gasteiger partial charge in [-0.1, -0.05) is 19.1 Å². The summed E-state index contributed by atoms with van der Waals surface area (Å²) < 4.78 is 4.81. The molecule has 0 fully saturated rings. The highest BCUT2D eigenvalue weighted by Gasteiger charge is 2.24. The molecule has 0 aliphatic rings. The maximum atomic E-state index is 12.0. The van der Waals surface area contributed by atoms with Crippen molar-refractivity contribution in [2.75, 3.05) is 19.7 Å². The number of rotatable bonds is 7. The minimum absolute atomic E-state index is 0.0481. The Kier molecular flexibility index (Phi) is 7.45. The molecule has 0 bridgehead atoms. The molecule has 0 aliphatic heterocycles. The van der Waals surface area contributed by atoms with E-state index in [-0.39, 0.29) is 17.4 Å². The number of carbonyl (C=O) groups excluding carboxylic acids is 2. The average molecular weight is 260 g/mol. The molecule has 0 spiro atoms. The number of esters is 1. The highest BCUT2D eigenvalue weighted by atomic mass is 32.1. The molecule has 98 valence electrons. The molecule has 0 rings (SSSR count). The number of hydrogen-bond acceptors (Lipinski definition) is 4. The summed E-state index contributed by atoms with van der Waals surface area (Å²) in [5, 5.41) is 0. The molecule has 17 heavy (non-hydrogen) atoms. The van der Waals surface area contributed by atoms with Crippen molar-refractivity contribution in [1.29, 1.82) is 0 Å². The number of thiocarbonyl (C=S) groups is 1. The van der Waals surface area contributed by atoms with Gasteiger partial charge < -0.3 is 15.4 Å². The van der Waals surface area contributed by atoms with Crippen molar-refractivity contribution < 1.29 is 14.3 Å². The Morgan fingerprint density at radius 1 is 1.41 bits per heavy atom. The molecule has 1 atom stereocenters. The Hall–Kier alpha value is -1.17. The van der Waals surface area contributed by atoms with E-state index in [2.05, 4.69) is 0 Å². The van der Waals surface area contributed by atoms with Gasteiger partial charge in [0.25, 0.3) is 0 Å². The predicted molar refractivity (Wildman–Crippen MR) is 69.5 cm³/mol. The monoisotopic (exact) mass is 260 g/mol. The third-order valence-electron chi connectivity index (χ3n) is 2.23. The summed E-state index contributed by atoms with van der Waals surface area (Å²) in [5.41, 5.74) is 5.43. The van der Waals surface area contributed by atoms with Gasteiger partial charge in [0, 0.05) is 6.54 Å². The fraction of sp³-hybridized carbons (Fsp3) is 0.727. The maximum absolute atomic E-state index is 12.0. The van der Waals surface area contributed by atoms with Crippen LogP contribution in [0.1, 0.15) is 27.2 Å². The van der Waals surface area contributed by atoms with Crippen molar-refractivity contribution >= 4 is 29.1 Å². The lowest BCUT2D eigenvalue weighted by atomic mass is 10.1. The van der Waals surface area contributed by atoms with Gasteiger partial charge in [-0.2, -0.15) is 0 Å². The van der Waals surface area contributed by atoms with E-state index < -0.39 is 11.9 Å². The Morgan fingerprint density at radius 3 is 2.41 bits per heavy atom. The predicted octanol–water partition coefficient (Wildman–Crippen LogP) is 0.710. The van der Waals surface area contributed by atoms with Gasteiger partial charge in [-0.3, -0.25) is 9.59 Å². The lowest BCUT2D eigenvalue weighted by Crippen LogP contribution is -2.43. The third kappa shape index (κ3) is 5.63. The van der Waals surface area contributed by atoms with E-state index >= 15 is 0 Å². The minimum Gasteiger partial charge on any atom is -0.465 e. The normalized spacial score (nSPS) is 11.7. The molecule has 0 saturated carbocycles. The molecular weight excluding hydrogens is 240 g/mol. The standard InChI is InChI=1S/C11H20N2O3S/c1-4-6-13(7-9(14)16-5-2)11(15)8(3)10(12)17/h8H,4-7H2,1-3H3,(H2,12,17). The van der Waals surface area contributed by atoms with Crippen molar-refractivity contribution in [3.05, 3.63) is 0 Å². The molecule has 0 aromatic carbocycles. The van der Waals surface area contributed by atoms with Crippen molar-refractivity contribution in [3.63, 3.8) is 0 Å². The second-order valence-corrected chi connectivity index (χ2v) is 4.16. The van der Waals surface area contributed by atoms with Crippen molar-refractivity contribution in [2.24, 2.45) is 11.7 Å². The van der Waals surface area contributed by atoms with E-state index in [9.17, 15) is 9.59 Å². The van der Waals surface area contributed by atoms with E-state index in [0.717, 1.165) is 6.42 Å². The van der Waals surface area contributed by atoms with Gasteiger partial charge in [0.2, 0.25) is 5.91 Å². The third-order valence-corrected chi connectivity index (χ3v) is 2.58. The molecular formula is C11H20N2O3S.